The molecule has 0 atom stereocenters. The molecule has 0 amide bonds. The van der Waals surface area contributed by atoms with E-state index in [0.29, 0.717) is 0 Å². The molecule has 0 aromatic carbocycles. The minimum Gasteiger partial charge on any atom is -0.312 e. The predicted molar refractivity (Wildman–Crippen MR) is 65.3 cm³/mol. The Morgan fingerprint density at radius 2 is 1.93 bits per heavy atom. The largest absolute Gasteiger partial charge is 0.312 e. The Morgan fingerprint density at radius 1 is 1.29 bits per heavy atom. The Labute approximate surface area is 91.5 Å². The van der Waals surface area contributed by atoms with Crippen molar-refractivity contribution in [1.29, 1.82) is 0 Å². The van der Waals surface area contributed by atoms with Crippen LogP contribution in [0.25, 0.3) is 0 Å². The summed E-state index contributed by atoms with van der Waals surface area (Å²) in [5.74, 6) is 0. The second kappa shape index (κ2) is 4.45. The van der Waals surface area contributed by atoms with E-state index in [9.17, 15) is 0 Å². The van der Waals surface area contributed by atoms with Crippen LogP contribution in [0.15, 0.2) is 6.07 Å². The molecule has 0 radical (unpaired) electrons. The third-order valence-corrected chi connectivity index (χ3v) is 3.20. The summed E-state index contributed by atoms with van der Waals surface area (Å²) in [5, 5.41) is 3.51. The fourth-order valence-corrected chi connectivity index (χ4v) is 2.48. The Kier molecular flexibility index (Phi) is 3.73. The van der Waals surface area contributed by atoms with E-state index in [2.05, 4.69) is 46.0 Å². The van der Waals surface area contributed by atoms with E-state index in [4.69, 9.17) is 0 Å². The van der Waals surface area contributed by atoms with E-state index in [-0.39, 0.29) is 5.54 Å². The maximum absolute atomic E-state index is 3.51. The highest BCUT2D eigenvalue weighted by molar-refractivity contribution is 7.12. The first kappa shape index (κ1) is 11.7. The molecule has 14 heavy (non-hydrogen) atoms. The maximum atomic E-state index is 3.51. The molecule has 2 heteroatoms. The highest BCUT2D eigenvalue weighted by Gasteiger charge is 2.08. The summed E-state index contributed by atoms with van der Waals surface area (Å²) in [6.45, 7) is 12.1. The smallest absolute Gasteiger partial charge is 0.00966 e. The second-order valence-corrected chi connectivity index (χ2v) is 6.33. The molecule has 1 aromatic rings. The van der Waals surface area contributed by atoms with Crippen molar-refractivity contribution >= 4 is 11.3 Å². The average Bonchev–Trinajstić information content (AvgIpc) is 2.27. The molecule has 0 saturated heterocycles. The summed E-state index contributed by atoms with van der Waals surface area (Å²) in [6, 6.07) is 2.31. The summed E-state index contributed by atoms with van der Waals surface area (Å²) in [6.07, 6.45) is 1.15. The normalized spacial score (nSPS) is 12.1. The van der Waals surface area contributed by atoms with Crippen molar-refractivity contribution in [2.45, 2.75) is 46.6 Å². The van der Waals surface area contributed by atoms with E-state index in [1.807, 2.05) is 11.3 Å². The topological polar surface area (TPSA) is 12.0 Å². The van der Waals surface area contributed by atoms with Crippen molar-refractivity contribution in [2.75, 3.05) is 6.54 Å². The van der Waals surface area contributed by atoms with Crippen LogP contribution in [0.5, 0.6) is 0 Å². The Morgan fingerprint density at radius 3 is 2.36 bits per heavy atom. The van der Waals surface area contributed by atoms with Gasteiger partial charge < -0.3 is 5.32 Å². The molecule has 1 rings (SSSR count). The van der Waals surface area contributed by atoms with Crippen LogP contribution in [0.4, 0.5) is 0 Å². The van der Waals surface area contributed by atoms with Gasteiger partial charge in [-0.15, -0.1) is 11.3 Å². The highest BCUT2D eigenvalue weighted by atomic mass is 32.1. The first-order valence-corrected chi connectivity index (χ1v) is 6.01. The maximum Gasteiger partial charge on any atom is 0.00966 e. The lowest BCUT2D eigenvalue weighted by Crippen LogP contribution is -2.37. The van der Waals surface area contributed by atoms with Crippen molar-refractivity contribution < 1.29 is 0 Å². The van der Waals surface area contributed by atoms with Gasteiger partial charge in [-0.2, -0.15) is 0 Å². The van der Waals surface area contributed by atoms with Crippen molar-refractivity contribution in [3.63, 3.8) is 0 Å². The van der Waals surface area contributed by atoms with Crippen LogP contribution in [0.2, 0.25) is 0 Å². The zero-order valence-electron chi connectivity index (χ0n) is 9.90. The van der Waals surface area contributed by atoms with Crippen LogP contribution in [0.1, 0.15) is 36.1 Å². The summed E-state index contributed by atoms with van der Waals surface area (Å²) in [4.78, 5) is 2.89. The lowest BCUT2D eigenvalue weighted by Gasteiger charge is -2.20. The van der Waals surface area contributed by atoms with Crippen LogP contribution < -0.4 is 5.32 Å². The first-order valence-electron chi connectivity index (χ1n) is 5.19. The van der Waals surface area contributed by atoms with Crippen molar-refractivity contribution in [2.24, 2.45) is 0 Å². The Bertz CT molecular complexity index is 294. The molecule has 1 aromatic heterocycles. The van der Waals surface area contributed by atoms with Gasteiger partial charge in [-0.1, -0.05) is 0 Å². The van der Waals surface area contributed by atoms with Gasteiger partial charge in [0.2, 0.25) is 0 Å². The van der Waals surface area contributed by atoms with Crippen molar-refractivity contribution in [3.05, 3.63) is 21.4 Å². The molecule has 0 spiro atoms. The quantitative estimate of drug-likeness (QED) is 0.809. The molecule has 0 fully saturated rings. The monoisotopic (exact) mass is 211 g/mol. The van der Waals surface area contributed by atoms with Crippen LogP contribution >= 0.6 is 11.3 Å². The fraction of sp³-hybridized carbons (Fsp3) is 0.667. The standard InChI is InChI=1S/C12H21NS/c1-9-8-11(10(2)14-9)6-7-13-12(3,4)5/h8,13H,6-7H2,1-5H3. The first-order chi connectivity index (χ1) is 6.38. The van der Waals surface area contributed by atoms with Gasteiger partial charge in [-0.3, -0.25) is 0 Å². The van der Waals surface area contributed by atoms with Gasteiger partial charge in [0.1, 0.15) is 0 Å². The number of nitrogens with one attached hydrogen (secondary N) is 1. The van der Waals surface area contributed by atoms with Crippen LogP contribution in [0, 0.1) is 13.8 Å². The molecule has 0 aliphatic heterocycles. The SMILES string of the molecule is Cc1cc(CCNC(C)(C)C)c(C)s1. The zero-order valence-corrected chi connectivity index (χ0v) is 10.7. The van der Waals surface area contributed by atoms with E-state index in [1.54, 1.807) is 0 Å². The number of thiophene rings is 1. The molecular weight excluding hydrogens is 190 g/mol. The van der Waals surface area contributed by atoms with Gasteiger partial charge in [-0.25, -0.2) is 0 Å². The minimum absolute atomic E-state index is 0.235. The van der Waals surface area contributed by atoms with Gasteiger partial charge in [-0.05, 0) is 59.2 Å². The molecule has 0 aliphatic rings. The summed E-state index contributed by atoms with van der Waals surface area (Å²) in [7, 11) is 0. The number of rotatable bonds is 3. The van der Waals surface area contributed by atoms with E-state index < -0.39 is 0 Å². The van der Waals surface area contributed by atoms with E-state index >= 15 is 0 Å². The predicted octanol–water partition coefficient (Wildman–Crippen LogP) is 3.30. The minimum atomic E-state index is 0.235. The molecule has 1 N–H and O–H groups in total. The molecular formula is C12H21NS. The number of aryl methyl sites for hydroxylation is 2. The summed E-state index contributed by atoms with van der Waals surface area (Å²) in [5.41, 5.74) is 1.74. The van der Waals surface area contributed by atoms with Crippen LogP contribution in [-0.4, -0.2) is 12.1 Å². The van der Waals surface area contributed by atoms with E-state index in [1.165, 1.54) is 15.3 Å². The Hall–Kier alpha value is -0.340. The lowest BCUT2D eigenvalue weighted by molar-refractivity contribution is 0.429. The number of hydrogen-bond acceptors (Lipinski definition) is 2. The van der Waals surface area contributed by atoms with Gasteiger partial charge >= 0.3 is 0 Å². The molecule has 0 unspecified atom stereocenters. The molecule has 1 nitrogen and oxygen atoms in total. The van der Waals surface area contributed by atoms with Crippen LogP contribution in [0.3, 0.4) is 0 Å². The lowest BCUT2D eigenvalue weighted by atomic mass is 10.1. The second-order valence-electron chi connectivity index (χ2n) is 4.87. The van der Waals surface area contributed by atoms with Crippen molar-refractivity contribution in [1.82, 2.24) is 5.32 Å². The fourth-order valence-electron chi connectivity index (χ4n) is 1.50. The van der Waals surface area contributed by atoms with Gasteiger partial charge in [0.05, 0.1) is 0 Å². The summed E-state index contributed by atoms with van der Waals surface area (Å²) >= 11 is 1.90. The highest BCUT2D eigenvalue weighted by Crippen LogP contribution is 2.20. The third-order valence-electron chi connectivity index (χ3n) is 2.19. The number of hydrogen-bond donors (Lipinski definition) is 1. The van der Waals surface area contributed by atoms with Gasteiger partial charge in [0, 0.05) is 15.3 Å². The molecule has 0 bridgehead atoms. The third kappa shape index (κ3) is 3.81. The average molecular weight is 211 g/mol. The summed E-state index contributed by atoms with van der Waals surface area (Å²) < 4.78 is 0. The van der Waals surface area contributed by atoms with Crippen LogP contribution in [-0.2, 0) is 6.42 Å². The Balaban J connectivity index is 2.42. The zero-order chi connectivity index (χ0) is 10.8. The molecule has 0 saturated carbocycles. The molecule has 1 heterocycles. The van der Waals surface area contributed by atoms with Gasteiger partial charge in [0.25, 0.3) is 0 Å². The van der Waals surface area contributed by atoms with E-state index in [0.717, 1.165) is 13.0 Å². The van der Waals surface area contributed by atoms with Gasteiger partial charge in [0.15, 0.2) is 0 Å². The molecule has 0 aliphatic carbocycles. The van der Waals surface area contributed by atoms with Crippen molar-refractivity contribution in [3.8, 4) is 0 Å². The molecule has 80 valence electrons.